The molecule has 148 valence electrons. The highest BCUT2D eigenvalue weighted by Gasteiger charge is 2.17. The van der Waals surface area contributed by atoms with Crippen molar-refractivity contribution in [3.05, 3.63) is 96.1 Å². The van der Waals surface area contributed by atoms with E-state index in [1.54, 1.807) is 51.7 Å². The quantitative estimate of drug-likeness (QED) is 0.488. The molecule has 30 heavy (non-hydrogen) atoms. The molecule has 5 aromatic rings. The highest BCUT2D eigenvalue weighted by atomic mass is 19.1. The number of hydrogen-bond donors (Lipinski definition) is 1. The molecule has 0 saturated heterocycles. The van der Waals surface area contributed by atoms with Crippen LogP contribution in [0.25, 0.3) is 16.6 Å². The Hall–Kier alpha value is -4.07. The molecule has 0 aliphatic rings. The summed E-state index contributed by atoms with van der Waals surface area (Å²) in [5.74, 6) is -1.13. The molecule has 1 N–H and O–H groups in total. The van der Waals surface area contributed by atoms with Gasteiger partial charge in [0.2, 0.25) is 0 Å². The van der Waals surface area contributed by atoms with Crippen LogP contribution in [0.1, 0.15) is 16.1 Å². The molecule has 8 heteroatoms. The molecule has 0 aliphatic carbocycles. The molecule has 3 aromatic heterocycles. The summed E-state index contributed by atoms with van der Waals surface area (Å²) in [4.78, 5) is 17.1. The molecule has 3 heterocycles. The van der Waals surface area contributed by atoms with Crippen molar-refractivity contribution in [1.82, 2.24) is 19.2 Å². The number of amides is 1. The van der Waals surface area contributed by atoms with Gasteiger partial charge in [-0.3, -0.25) is 4.79 Å². The number of pyridine rings is 1. The van der Waals surface area contributed by atoms with Crippen LogP contribution >= 0.6 is 0 Å². The maximum absolute atomic E-state index is 13.7. The molecular formula is C22H15F2N5O. The number of hydrogen-bond acceptors (Lipinski definition) is 3. The van der Waals surface area contributed by atoms with Crippen LogP contribution in [0.2, 0.25) is 0 Å². The summed E-state index contributed by atoms with van der Waals surface area (Å²) in [5, 5.41) is 7.48. The molecule has 0 aliphatic heterocycles. The standard InChI is InChI=1S/C22H15F2N5O/c23-16-3-1-2-14(8-16)11-28-19-6-4-17(24)9-15(19)10-20(28)22(30)27-18-5-7-21-25-13-26-29(21)12-18/h1-10,12-13H,11H2,(H,27,30). The van der Waals surface area contributed by atoms with Crippen LogP contribution in [0.4, 0.5) is 14.5 Å². The van der Waals surface area contributed by atoms with Crippen molar-refractivity contribution in [3.63, 3.8) is 0 Å². The molecule has 0 fully saturated rings. The number of rotatable bonds is 4. The second-order valence-electron chi connectivity index (χ2n) is 6.88. The fourth-order valence-corrected chi connectivity index (χ4v) is 3.50. The second kappa shape index (κ2) is 7.07. The van der Waals surface area contributed by atoms with Gasteiger partial charge in [-0.2, -0.15) is 5.10 Å². The maximum Gasteiger partial charge on any atom is 0.272 e. The molecule has 0 saturated carbocycles. The van der Waals surface area contributed by atoms with Crippen molar-refractivity contribution in [3.8, 4) is 0 Å². The van der Waals surface area contributed by atoms with E-state index in [1.165, 1.54) is 30.6 Å². The van der Waals surface area contributed by atoms with E-state index in [9.17, 15) is 13.6 Å². The van der Waals surface area contributed by atoms with Crippen LogP contribution in [0, 0.1) is 11.6 Å². The average Bonchev–Trinajstić information content (AvgIpc) is 3.32. The summed E-state index contributed by atoms with van der Waals surface area (Å²) in [7, 11) is 0. The molecule has 0 unspecified atom stereocenters. The lowest BCUT2D eigenvalue weighted by atomic mass is 10.2. The van der Waals surface area contributed by atoms with Gasteiger partial charge in [0.25, 0.3) is 5.91 Å². The Morgan fingerprint density at radius 1 is 1.00 bits per heavy atom. The first-order chi connectivity index (χ1) is 14.6. The third kappa shape index (κ3) is 3.28. The van der Waals surface area contributed by atoms with Gasteiger partial charge in [0.15, 0.2) is 5.65 Å². The monoisotopic (exact) mass is 403 g/mol. The van der Waals surface area contributed by atoms with Gasteiger partial charge in [0, 0.05) is 17.4 Å². The lowest BCUT2D eigenvalue weighted by molar-refractivity contribution is 0.101. The Labute approximate surface area is 169 Å². The van der Waals surface area contributed by atoms with Gasteiger partial charge in [-0.05, 0) is 54.1 Å². The van der Waals surface area contributed by atoms with Gasteiger partial charge in [0.05, 0.1) is 11.9 Å². The fraction of sp³-hybridized carbons (Fsp3) is 0.0455. The highest BCUT2D eigenvalue weighted by Crippen LogP contribution is 2.24. The van der Waals surface area contributed by atoms with Crippen molar-refractivity contribution in [2.24, 2.45) is 0 Å². The first-order valence-electron chi connectivity index (χ1n) is 9.21. The Morgan fingerprint density at radius 3 is 2.73 bits per heavy atom. The number of benzene rings is 2. The Kier molecular flexibility index (Phi) is 4.24. The minimum atomic E-state index is -0.394. The van der Waals surface area contributed by atoms with Gasteiger partial charge in [-0.1, -0.05) is 12.1 Å². The Balaban J connectivity index is 1.55. The molecule has 5 rings (SSSR count). The summed E-state index contributed by atoms with van der Waals surface area (Å²) >= 11 is 0. The molecule has 0 bridgehead atoms. The van der Waals surface area contributed by atoms with E-state index in [1.807, 2.05) is 0 Å². The zero-order valence-corrected chi connectivity index (χ0v) is 15.6. The van der Waals surface area contributed by atoms with Gasteiger partial charge >= 0.3 is 0 Å². The van der Waals surface area contributed by atoms with E-state index in [2.05, 4.69) is 15.4 Å². The number of carbonyl (C=O) groups excluding carboxylic acids is 1. The summed E-state index contributed by atoms with van der Waals surface area (Å²) in [6, 6.07) is 15.6. The number of nitrogens with one attached hydrogen (secondary N) is 1. The first kappa shape index (κ1) is 18.0. The number of carbonyl (C=O) groups is 1. The van der Waals surface area contributed by atoms with Gasteiger partial charge < -0.3 is 9.88 Å². The third-order valence-electron chi connectivity index (χ3n) is 4.86. The minimum absolute atomic E-state index is 0.262. The summed E-state index contributed by atoms with van der Waals surface area (Å²) in [5.41, 5.74) is 2.89. The lowest BCUT2D eigenvalue weighted by Gasteiger charge is -2.12. The predicted molar refractivity (Wildman–Crippen MR) is 108 cm³/mol. The zero-order valence-electron chi connectivity index (χ0n) is 15.6. The van der Waals surface area contributed by atoms with E-state index in [0.717, 1.165) is 0 Å². The van der Waals surface area contributed by atoms with Crippen LogP contribution in [0.5, 0.6) is 0 Å². The molecule has 2 aromatic carbocycles. The smallest absolute Gasteiger partial charge is 0.272 e. The largest absolute Gasteiger partial charge is 0.332 e. The average molecular weight is 403 g/mol. The maximum atomic E-state index is 13.7. The summed E-state index contributed by atoms with van der Waals surface area (Å²) in [6.07, 6.45) is 3.08. The van der Waals surface area contributed by atoms with Gasteiger partial charge in [-0.15, -0.1) is 0 Å². The number of anilines is 1. The van der Waals surface area contributed by atoms with Crippen molar-refractivity contribution in [2.75, 3.05) is 5.32 Å². The van der Waals surface area contributed by atoms with E-state index < -0.39 is 5.82 Å². The second-order valence-corrected chi connectivity index (χ2v) is 6.88. The van der Waals surface area contributed by atoms with Crippen LogP contribution in [0.15, 0.2) is 73.2 Å². The number of fused-ring (bicyclic) bond motifs is 2. The Bertz CT molecular complexity index is 1410. The highest BCUT2D eigenvalue weighted by molar-refractivity contribution is 6.06. The first-order valence-corrected chi connectivity index (χ1v) is 9.21. The van der Waals surface area contributed by atoms with E-state index >= 15 is 0 Å². The number of aromatic nitrogens is 4. The minimum Gasteiger partial charge on any atom is -0.332 e. The van der Waals surface area contributed by atoms with Crippen molar-refractivity contribution < 1.29 is 13.6 Å². The van der Waals surface area contributed by atoms with Crippen LogP contribution < -0.4 is 5.32 Å². The number of halogens is 2. The van der Waals surface area contributed by atoms with E-state index in [4.69, 9.17) is 0 Å². The van der Waals surface area contributed by atoms with Crippen LogP contribution in [-0.2, 0) is 6.54 Å². The van der Waals surface area contributed by atoms with E-state index in [0.29, 0.717) is 33.5 Å². The molecule has 6 nitrogen and oxygen atoms in total. The lowest BCUT2D eigenvalue weighted by Crippen LogP contribution is -2.18. The normalized spacial score (nSPS) is 11.3. The van der Waals surface area contributed by atoms with Crippen molar-refractivity contribution in [2.45, 2.75) is 6.54 Å². The van der Waals surface area contributed by atoms with Crippen molar-refractivity contribution in [1.29, 1.82) is 0 Å². The van der Waals surface area contributed by atoms with Crippen molar-refractivity contribution >= 4 is 28.1 Å². The number of nitrogens with zero attached hydrogens (tertiary/aromatic N) is 4. The fourth-order valence-electron chi connectivity index (χ4n) is 3.50. The van der Waals surface area contributed by atoms with E-state index in [-0.39, 0.29) is 18.3 Å². The molecule has 0 spiro atoms. The van der Waals surface area contributed by atoms with Gasteiger partial charge in [0.1, 0.15) is 23.7 Å². The molecule has 0 atom stereocenters. The summed E-state index contributed by atoms with van der Waals surface area (Å²) < 4.78 is 30.7. The third-order valence-corrected chi connectivity index (χ3v) is 4.86. The SMILES string of the molecule is O=C(Nc1ccc2ncnn2c1)c1cc2cc(F)ccc2n1Cc1cccc(F)c1. The van der Waals surface area contributed by atoms with Crippen LogP contribution in [0.3, 0.4) is 0 Å². The summed E-state index contributed by atoms with van der Waals surface area (Å²) in [6.45, 7) is 0.262. The predicted octanol–water partition coefficient (Wildman–Crippen LogP) is 4.26. The van der Waals surface area contributed by atoms with Crippen LogP contribution in [-0.4, -0.2) is 25.1 Å². The Morgan fingerprint density at radius 2 is 1.87 bits per heavy atom. The van der Waals surface area contributed by atoms with Gasteiger partial charge in [-0.25, -0.2) is 18.3 Å². The zero-order chi connectivity index (χ0) is 20.7. The molecule has 1 amide bonds. The topological polar surface area (TPSA) is 64.2 Å². The molecular weight excluding hydrogens is 388 g/mol. The molecule has 0 radical (unpaired) electrons.